The maximum absolute atomic E-state index is 5.84. The summed E-state index contributed by atoms with van der Waals surface area (Å²) >= 11 is 0. The summed E-state index contributed by atoms with van der Waals surface area (Å²) in [5.41, 5.74) is 4.40. The minimum Gasteiger partial charge on any atom is -0.457 e. The van der Waals surface area contributed by atoms with E-state index < -0.39 is 0 Å². The third-order valence-corrected chi connectivity index (χ3v) is 5.11. The molecule has 8 heteroatoms. The molecule has 0 bridgehead atoms. The molecular weight excluding hydrogens is 402 g/mol. The summed E-state index contributed by atoms with van der Waals surface area (Å²) in [4.78, 5) is 13.3. The summed E-state index contributed by atoms with van der Waals surface area (Å²) < 4.78 is 7.80. The lowest BCUT2D eigenvalue weighted by molar-refractivity contribution is 0.482. The van der Waals surface area contributed by atoms with Crippen molar-refractivity contribution in [3.8, 4) is 22.8 Å². The Labute approximate surface area is 182 Å². The SMILES string of the molecule is c1cc(Oc2ccc(Nc3nc(-c4ccc5cn[nH]c5c4)cn4ccnc34)cc2)ccn1. The summed E-state index contributed by atoms with van der Waals surface area (Å²) in [5, 5.41) is 11.6. The molecule has 0 aliphatic rings. The van der Waals surface area contributed by atoms with Crippen molar-refractivity contribution >= 4 is 28.1 Å². The Bertz CT molecular complexity index is 1520. The number of aromatic nitrogens is 6. The van der Waals surface area contributed by atoms with Crippen molar-refractivity contribution in [2.75, 3.05) is 5.32 Å². The number of nitrogens with zero attached hydrogens (tertiary/aromatic N) is 5. The lowest BCUT2D eigenvalue weighted by Crippen LogP contribution is -2.00. The molecule has 4 heterocycles. The van der Waals surface area contributed by atoms with Gasteiger partial charge in [0.1, 0.15) is 11.5 Å². The molecule has 0 saturated carbocycles. The molecule has 0 unspecified atom stereocenters. The van der Waals surface area contributed by atoms with Crippen LogP contribution in [0.1, 0.15) is 0 Å². The van der Waals surface area contributed by atoms with E-state index in [4.69, 9.17) is 9.72 Å². The van der Waals surface area contributed by atoms with Crippen molar-refractivity contribution in [2.45, 2.75) is 0 Å². The lowest BCUT2D eigenvalue weighted by atomic mass is 10.1. The second-order valence-electron chi connectivity index (χ2n) is 7.24. The predicted molar refractivity (Wildman–Crippen MR) is 122 cm³/mol. The Morgan fingerprint density at radius 2 is 1.75 bits per heavy atom. The average Bonchev–Trinajstić information content (AvgIpc) is 3.50. The van der Waals surface area contributed by atoms with E-state index in [0.717, 1.165) is 45.0 Å². The fourth-order valence-corrected chi connectivity index (χ4v) is 3.54. The summed E-state index contributed by atoms with van der Waals surface area (Å²) in [6.45, 7) is 0. The first-order valence-corrected chi connectivity index (χ1v) is 10.0. The van der Waals surface area contributed by atoms with Gasteiger partial charge in [0.05, 0.1) is 17.4 Å². The van der Waals surface area contributed by atoms with Gasteiger partial charge in [-0.2, -0.15) is 5.10 Å². The molecule has 32 heavy (non-hydrogen) atoms. The molecule has 4 aromatic heterocycles. The number of nitrogens with one attached hydrogen (secondary N) is 2. The predicted octanol–water partition coefficient (Wildman–Crippen LogP) is 5.20. The fraction of sp³-hybridized carbons (Fsp3) is 0. The van der Waals surface area contributed by atoms with E-state index in [-0.39, 0.29) is 0 Å². The molecule has 2 N–H and O–H groups in total. The number of rotatable bonds is 5. The van der Waals surface area contributed by atoms with Crippen LogP contribution in [0.2, 0.25) is 0 Å². The first-order chi connectivity index (χ1) is 15.8. The Balaban J connectivity index is 1.32. The van der Waals surface area contributed by atoms with Gasteiger partial charge >= 0.3 is 0 Å². The van der Waals surface area contributed by atoms with Crippen LogP contribution < -0.4 is 10.1 Å². The molecule has 0 radical (unpaired) electrons. The van der Waals surface area contributed by atoms with Crippen LogP contribution in [-0.4, -0.2) is 29.5 Å². The van der Waals surface area contributed by atoms with Crippen molar-refractivity contribution < 1.29 is 4.74 Å². The van der Waals surface area contributed by atoms with Crippen LogP contribution in [0, 0.1) is 0 Å². The van der Waals surface area contributed by atoms with Gasteiger partial charge in [0.25, 0.3) is 0 Å². The molecule has 2 aromatic carbocycles. The molecule has 6 rings (SSSR count). The number of pyridine rings is 1. The zero-order valence-corrected chi connectivity index (χ0v) is 16.8. The highest BCUT2D eigenvalue weighted by Gasteiger charge is 2.11. The molecule has 0 fully saturated rings. The highest BCUT2D eigenvalue weighted by Crippen LogP contribution is 2.28. The van der Waals surface area contributed by atoms with E-state index in [2.05, 4.69) is 25.5 Å². The standard InChI is InChI=1S/C24H17N7O/c1-2-17-14-27-30-21(17)13-16(1)22-15-31-12-11-26-24(31)23(29-22)28-18-3-5-19(6-4-18)32-20-7-9-25-10-8-20/h1-15H,(H,27,30)(H,28,29). The van der Waals surface area contributed by atoms with Gasteiger partial charge in [0.15, 0.2) is 11.5 Å². The summed E-state index contributed by atoms with van der Waals surface area (Å²) in [6, 6.07) is 17.4. The molecule has 8 nitrogen and oxygen atoms in total. The second-order valence-corrected chi connectivity index (χ2v) is 7.24. The zero-order chi connectivity index (χ0) is 21.3. The number of aromatic amines is 1. The number of hydrogen-bond acceptors (Lipinski definition) is 6. The first kappa shape index (κ1) is 18.1. The minimum absolute atomic E-state index is 0.667. The third kappa shape index (κ3) is 3.39. The van der Waals surface area contributed by atoms with Crippen molar-refractivity contribution in [1.29, 1.82) is 0 Å². The monoisotopic (exact) mass is 419 g/mol. The molecule has 6 aromatic rings. The maximum Gasteiger partial charge on any atom is 0.180 e. The topological polar surface area (TPSA) is 93.0 Å². The van der Waals surface area contributed by atoms with Crippen molar-refractivity contribution in [3.63, 3.8) is 0 Å². The van der Waals surface area contributed by atoms with Crippen LogP contribution in [0.25, 0.3) is 27.8 Å². The van der Waals surface area contributed by atoms with Crippen molar-refractivity contribution in [3.05, 3.63) is 91.8 Å². The number of fused-ring (bicyclic) bond motifs is 2. The van der Waals surface area contributed by atoms with Gasteiger partial charge in [-0.25, -0.2) is 9.97 Å². The van der Waals surface area contributed by atoms with Gasteiger partial charge in [0.2, 0.25) is 0 Å². The Hall–Kier alpha value is -4.72. The van der Waals surface area contributed by atoms with E-state index in [1.807, 2.05) is 71.4 Å². The van der Waals surface area contributed by atoms with E-state index in [0.29, 0.717) is 5.82 Å². The van der Waals surface area contributed by atoms with Gasteiger partial charge < -0.3 is 14.5 Å². The van der Waals surface area contributed by atoms with Crippen LogP contribution in [0.5, 0.6) is 11.5 Å². The molecule has 0 aliphatic heterocycles. The summed E-state index contributed by atoms with van der Waals surface area (Å²) in [6.07, 6.45) is 10.8. The highest BCUT2D eigenvalue weighted by atomic mass is 16.5. The Morgan fingerprint density at radius 1 is 0.906 bits per heavy atom. The molecular formula is C24H17N7O. The third-order valence-electron chi connectivity index (χ3n) is 5.11. The van der Waals surface area contributed by atoms with Gasteiger partial charge in [-0.3, -0.25) is 10.1 Å². The molecule has 0 atom stereocenters. The smallest absolute Gasteiger partial charge is 0.180 e. The number of H-pyrrole nitrogens is 1. The van der Waals surface area contributed by atoms with Crippen LogP contribution in [-0.2, 0) is 0 Å². The van der Waals surface area contributed by atoms with Crippen LogP contribution in [0.3, 0.4) is 0 Å². The average molecular weight is 419 g/mol. The number of imidazole rings is 1. The second kappa shape index (κ2) is 7.51. The van der Waals surface area contributed by atoms with E-state index in [1.54, 1.807) is 24.8 Å². The normalized spacial score (nSPS) is 11.1. The lowest BCUT2D eigenvalue weighted by Gasteiger charge is -2.11. The number of benzene rings is 2. The van der Waals surface area contributed by atoms with Crippen molar-refractivity contribution in [1.82, 2.24) is 29.5 Å². The Kier molecular flexibility index (Phi) is 4.25. The number of anilines is 2. The van der Waals surface area contributed by atoms with E-state index in [1.165, 1.54) is 0 Å². The van der Waals surface area contributed by atoms with Crippen molar-refractivity contribution in [2.24, 2.45) is 0 Å². The molecule has 0 aliphatic carbocycles. The van der Waals surface area contributed by atoms with Crippen LogP contribution >= 0.6 is 0 Å². The minimum atomic E-state index is 0.667. The maximum atomic E-state index is 5.84. The van der Waals surface area contributed by atoms with Gasteiger partial charge in [-0.1, -0.05) is 12.1 Å². The summed E-state index contributed by atoms with van der Waals surface area (Å²) in [7, 11) is 0. The number of hydrogen-bond donors (Lipinski definition) is 2. The molecule has 0 saturated heterocycles. The molecule has 0 amide bonds. The number of ether oxygens (including phenoxy) is 1. The quantitative estimate of drug-likeness (QED) is 0.399. The van der Waals surface area contributed by atoms with Gasteiger partial charge in [-0.05, 0) is 42.5 Å². The van der Waals surface area contributed by atoms with E-state index >= 15 is 0 Å². The first-order valence-electron chi connectivity index (χ1n) is 10.0. The van der Waals surface area contributed by atoms with Crippen LogP contribution in [0.4, 0.5) is 11.5 Å². The molecule has 0 spiro atoms. The van der Waals surface area contributed by atoms with Gasteiger partial charge in [0, 0.05) is 47.6 Å². The van der Waals surface area contributed by atoms with Gasteiger partial charge in [-0.15, -0.1) is 0 Å². The largest absolute Gasteiger partial charge is 0.457 e. The fourth-order valence-electron chi connectivity index (χ4n) is 3.54. The Morgan fingerprint density at radius 3 is 2.62 bits per heavy atom. The summed E-state index contributed by atoms with van der Waals surface area (Å²) in [5.74, 6) is 2.14. The zero-order valence-electron chi connectivity index (χ0n) is 16.8. The van der Waals surface area contributed by atoms with E-state index in [9.17, 15) is 0 Å². The highest BCUT2D eigenvalue weighted by molar-refractivity contribution is 5.84. The van der Waals surface area contributed by atoms with Crippen LogP contribution in [0.15, 0.2) is 91.8 Å². The molecule has 154 valence electrons.